The van der Waals surface area contributed by atoms with E-state index in [1.807, 2.05) is 5.43 Å². The molecule has 2 rings (SSSR count). The number of nitrogen functional groups attached to an aromatic ring is 1. The van der Waals surface area contributed by atoms with Gasteiger partial charge in [-0.2, -0.15) is 0 Å². The van der Waals surface area contributed by atoms with E-state index < -0.39 is 5.91 Å². The number of hydrazine groups is 1. The first-order valence-electron chi connectivity index (χ1n) is 5.88. The number of hydrogen-bond acceptors (Lipinski definition) is 5. The maximum atomic E-state index is 11.8. The first-order valence-corrected chi connectivity index (χ1v) is 5.88. The molecule has 0 saturated carbocycles. The van der Waals surface area contributed by atoms with E-state index in [1.54, 1.807) is 13.8 Å². The Balaban J connectivity index is 2.18. The summed E-state index contributed by atoms with van der Waals surface area (Å²) >= 11 is 0. The topological polar surface area (TPSA) is 106 Å². The minimum Gasteiger partial charge on any atom is -0.464 e. The summed E-state index contributed by atoms with van der Waals surface area (Å²) < 4.78 is 5.37. The van der Waals surface area contributed by atoms with Crippen LogP contribution in [0.2, 0.25) is 0 Å². The number of rotatable bonds is 3. The van der Waals surface area contributed by atoms with Gasteiger partial charge in [0.2, 0.25) is 11.8 Å². The lowest BCUT2D eigenvalue weighted by atomic mass is 10.1. The molecule has 1 aliphatic rings. The van der Waals surface area contributed by atoms with E-state index in [2.05, 4.69) is 0 Å². The molecule has 0 aromatic carbocycles. The zero-order valence-corrected chi connectivity index (χ0v) is 10.7. The molecule has 1 unspecified atom stereocenters. The predicted octanol–water partition coefficient (Wildman–Crippen LogP) is 0.0865. The van der Waals surface area contributed by atoms with Gasteiger partial charge in [0.05, 0.1) is 12.1 Å². The molecule has 0 radical (unpaired) electrons. The van der Waals surface area contributed by atoms with Crippen molar-refractivity contribution in [2.24, 2.45) is 11.8 Å². The molecule has 3 amide bonds. The number of hydrogen-bond donors (Lipinski definition) is 2. The van der Waals surface area contributed by atoms with Crippen LogP contribution < -0.4 is 11.3 Å². The monoisotopic (exact) mass is 265 g/mol. The summed E-state index contributed by atoms with van der Waals surface area (Å²) in [7, 11) is 0. The molecular formula is C12H15N3O4. The smallest absolute Gasteiger partial charge is 0.268 e. The quantitative estimate of drug-likeness (QED) is 0.348. The number of nitrogens with two attached hydrogens (primary N) is 1. The highest BCUT2D eigenvalue weighted by Crippen LogP contribution is 2.23. The highest BCUT2D eigenvalue weighted by Gasteiger charge is 2.36. The van der Waals surface area contributed by atoms with Crippen LogP contribution in [0.15, 0.2) is 10.5 Å². The molecule has 19 heavy (non-hydrogen) atoms. The van der Waals surface area contributed by atoms with Gasteiger partial charge in [-0.05, 0) is 13.0 Å². The fourth-order valence-corrected chi connectivity index (χ4v) is 2.10. The van der Waals surface area contributed by atoms with Gasteiger partial charge in [0, 0.05) is 12.3 Å². The molecule has 1 aromatic rings. The largest absolute Gasteiger partial charge is 0.464 e. The van der Waals surface area contributed by atoms with Gasteiger partial charge < -0.3 is 4.42 Å². The highest BCUT2D eigenvalue weighted by atomic mass is 16.3. The molecule has 3 N–H and O–H groups in total. The van der Waals surface area contributed by atoms with E-state index in [-0.39, 0.29) is 30.7 Å². The molecule has 102 valence electrons. The summed E-state index contributed by atoms with van der Waals surface area (Å²) in [6, 6.07) is 1.49. The molecule has 1 aliphatic heterocycles. The fourth-order valence-electron chi connectivity index (χ4n) is 2.10. The minimum absolute atomic E-state index is 0.0424. The third-order valence-electron chi connectivity index (χ3n) is 3.13. The second kappa shape index (κ2) is 4.85. The van der Waals surface area contributed by atoms with Crippen LogP contribution in [0.4, 0.5) is 0 Å². The Morgan fingerprint density at radius 2 is 2.26 bits per heavy atom. The summed E-state index contributed by atoms with van der Waals surface area (Å²) in [5.74, 6) is 4.61. The molecule has 0 spiro atoms. The Hall–Kier alpha value is -2.15. The van der Waals surface area contributed by atoms with Gasteiger partial charge in [-0.25, -0.2) is 5.84 Å². The van der Waals surface area contributed by atoms with Gasteiger partial charge in [0.25, 0.3) is 5.91 Å². The van der Waals surface area contributed by atoms with Crippen molar-refractivity contribution in [2.75, 3.05) is 0 Å². The Morgan fingerprint density at radius 3 is 2.79 bits per heavy atom. The fraction of sp³-hybridized carbons (Fsp3) is 0.417. The van der Waals surface area contributed by atoms with Crippen LogP contribution in [-0.2, 0) is 16.1 Å². The van der Waals surface area contributed by atoms with Crippen molar-refractivity contribution in [3.63, 3.8) is 0 Å². The third kappa shape index (κ3) is 2.37. The molecule has 7 nitrogen and oxygen atoms in total. The number of imide groups is 1. The van der Waals surface area contributed by atoms with Gasteiger partial charge in [0.15, 0.2) is 0 Å². The number of carbonyl (C=O) groups is 3. The van der Waals surface area contributed by atoms with Crippen molar-refractivity contribution in [3.8, 4) is 0 Å². The van der Waals surface area contributed by atoms with E-state index >= 15 is 0 Å². The van der Waals surface area contributed by atoms with Crippen molar-refractivity contribution in [1.29, 1.82) is 0 Å². The lowest BCUT2D eigenvalue weighted by molar-refractivity contribution is -0.140. The molecule has 1 atom stereocenters. The van der Waals surface area contributed by atoms with Crippen molar-refractivity contribution in [3.05, 3.63) is 23.2 Å². The Labute approximate surface area is 109 Å². The summed E-state index contributed by atoms with van der Waals surface area (Å²) in [6.07, 6.45) is 0.217. The lowest BCUT2D eigenvalue weighted by Gasteiger charge is -2.11. The molecule has 1 fully saturated rings. The Bertz CT molecular complexity index is 549. The summed E-state index contributed by atoms with van der Waals surface area (Å²) in [5.41, 5.74) is 2.30. The van der Waals surface area contributed by atoms with E-state index in [0.29, 0.717) is 17.1 Å². The molecule has 0 bridgehead atoms. The van der Waals surface area contributed by atoms with Crippen molar-refractivity contribution in [2.45, 2.75) is 26.8 Å². The third-order valence-corrected chi connectivity index (χ3v) is 3.13. The van der Waals surface area contributed by atoms with Gasteiger partial charge >= 0.3 is 0 Å². The molecule has 0 aliphatic carbocycles. The number of nitrogens with one attached hydrogen (secondary N) is 1. The average molecular weight is 265 g/mol. The lowest BCUT2D eigenvalue weighted by Crippen LogP contribution is -2.30. The highest BCUT2D eigenvalue weighted by molar-refractivity contribution is 6.03. The van der Waals surface area contributed by atoms with Crippen LogP contribution in [0, 0.1) is 12.8 Å². The molecular weight excluding hydrogens is 250 g/mol. The van der Waals surface area contributed by atoms with Gasteiger partial charge in [-0.15, -0.1) is 0 Å². The number of furan rings is 1. The summed E-state index contributed by atoms with van der Waals surface area (Å²) in [4.78, 5) is 36.0. The second-order valence-electron chi connectivity index (χ2n) is 4.58. The Kier molecular flexibility index (Phi) is 3.39. The minimum atomic E-state index is -0.472. The SMILES string of the molecule is Cc1oc(CN2C(=O)CC(C)C2=O)cc1C(=O)NN. The number of amides is 3. The predicted molar refractivity (Wildman–Crippen MR) is 64.4 cm³/mol. The molecule has 1 aromatic heterocycles. The summed E-state index contributed by atoms with van der Waals surface area (Å²) in [6.45, 7) is 3.37. The van der Waals surface area contributed by atoms with Crippen LogP contribution >= 0.6 is 0 Å². The standard InChI is InChI=1S/C12H15N3O4/c1-6-3-10(16)15(12(6)18)5-8-4-9(7(2)19-8)11(17)14-13/h4,6H,3,5,13H2,1-2H3,(H,14,17). The zero-order valence-electron chi connectivity index (χ0n) is 10.7. The Morgan fingerprint density at radius 1 is 1.58 bits per heavy atom. The zero-order chi connectivity index (χ0) is 14.2. The van der Waals surface area contributed by atoms with Crippen molar-refractivity contribution in [1.82, 2.24) is 10.3 Å². The van der Waals surface area contributed by atoms with Crippen LogP contribution in [0.25, 0.3) is 0 Å². The first kappa shape index (κ1) is 13.3. The number of likely N-dealkylation sites (tertiary alicyclic amines) is 1. The molecule has 7 heteroatoms. The maximum Gasteiger partial charge on any atom is 0.268 e. The average Bonchev–Trinajstić information content (AvgIpc) is 2.84. The first-order chi connectivity index (χ1) is 8.93. The van der Waals surface area contributed by atoms with Gasteiger partial charge in [0.1, 0.15) is 11.5 Å². The number of carbonyl (C=O) groups excluding carboxylic acids is 3. The number of nitrogens with zero attached hydrogens (tertiary/aromatic N) is 1. The van der Waals surface area contributed by atoms with E-state index in [1.165, 1.54) is 6.07 Å². The van der Waals surface area contributed by atoms with Crippen molar-refractivity contribution < 1.29 is 18.8 Å². The normalized spacial score (nSPS) is 19.1. The molecule has 1 saturated heterocycles. The second-order valence-corrected chi connectivity index (χ2v) is 4.58. The maximum absolute atomic E-state index is 11.8. The van der Waals surface area contributed by atoms with Crippen molar-refractivity contribution >= 4 is 17.7 Å². The van der Waals surface area contributed by atoms with Gasteiger partial charge in [-0.3, -0.25) is 24.7 Å². The summed E-state index contributed by atoms with van der Waals surface area (Å²) in [5, 5.41) is 0. The number of aryl methyl sites for hydroxylation is 1. The van der Waals surface area contributed by atoms with Crippen LogP contribution in [0.5, 0.6) is 0 Å². The molecule has 2 heterocycles. The van der Waals surface area contributed by atoms with E-state index in [0.717, 1.165) is 4.90 Å². The van der Waals surface area contributed by atoms with Crippen LogP contribution in [-0.4, -0.2) is 22.6 Å². The van der Waals surface area contributed by atoms with E-state index in [4.69, 9.17) is 10.3 Å². The van der Waals surface area contributed by atoms with Gasteiger partial charge in [-0.1, -0.05) is 6.92 Å². The van der Waals surface area contributed by atoms with E-state index in [9.17, 15) is 14.4 Å². The van der Waals surface area contributed by atoms with Crippen LogP contribution in [0.1, 0.15) is 35.2 Å². The van der Waals surface area contributed by atoms with Crippen LogP contribution in [0.3, 0.4) is 0 Å².